The van der Waals surface area contributed by atoms with Crippen LogP contribution in [0, 0.1) is 13.8 Å². The Morgan fingerprint density at radius 3 is 2.05 bits per heavy atom. The van der Waals surface area contributed by atoms with Gasteiger partial charge in [0.25, 0.3) is 0 Å². The molecule has 0 saturated carbocycles. The van der Waals surface area contributed by atoms with Crippen LogP contribution in [0.5, 0.6) is 0 Å². The summed E-state index contributed by atoms with van der Waals surface area (Å²) in [4.78, 5) is 21.0. The van der Waals surface area contributed by atoms with E-state index in [9.17, 15) is 9.59 Å². The second kappa shape index (κ2) is 7.96. The van der Waals surface area contributed by atoms with Gasteiger partial charge in [-0.05, 0) is 49.2 Å². The second-order valence-corrected chi connectivity index (χ2v) is 5.77. The highest BCUT2D eigenvalue weighted by Gasteiger charge is 2.07. The molecule has 0 amide bonds. The highest BCUT2D eigenvalue weighted by Crippen LogP contribution is 2.19. The molecule has 2 rings (SSSR count). The molecular formula is C16H14BrClO4. The molecule has 0 aromatic heterocycles. The third kappa shape index (κ3) is 4.86. The quantitative estimate of drug-likeness (QED) is 0.778. The number of carboxylic acids is 2. The van der Waals surface area contributed by atoms with Crippen molar-refractivity contribution in [2.24, 2.45) is 0 Å². The van der Waals surface area contributed by atoms with Crippen molar-refractivity contribution in [2.75, 3.05) is 0 Å². The standard InChI is InChI=1S/C8H7BrO2.C8H7ClO2/c1-5-6(8(10)11)3-2-4-7(5)9;1-5-2-3-6(8(10)11)7(9)4-5/h2*2-4H,1H3,(H,10,11). The van der Waals surface area contributed by atoms with Gasteiger partial charge in [-0.1, -0.05) is 39.7 Å². The molecule has 0 unspecified atom stereocenters. The first kappa shape index (κ1) is 18.2. The van der Waals surface area contributed by atoms with Gasteiger partial charge in [-0.25, -0.2) is 9.59 Å². The minimum absolute atomic E-state index is 0.150. The van der Waals surface area contributed by atoms with E-state index in [-0.39, 0.29) is 10.6 Å². The molecule has 22 heavy (non-hydrogen) atoms. The van der Waals surface area contributed by atoms with Crippen LogP contribution in [0.3, 0.4) is 0 Å². The summed E-state index contributed by atoms with van der Waals surface area (Å²) >= 11 is 8.89. The zero-order valence-electron chi connectivity index (χ0n) is 11.9. The van der Waals surface area contributed by atoms with Crippen LogP contribution in [0.4, 0.5) is 0 Å². The summed E-state index contributed by atoms with van der Waals surface area (Å²) in [6.07, 6.45) is 0. The van der Waals surface area contributed by atoms with Crippen molar-refractivity contribution < 1.29 is 19.8 Å². The maximum Gasteiger partial charge on any atom is 0.337 e. The highest BCUT2D eigenvalue weighted by atomic mass is 79.9. The summed E-state index contributed by atoms with van der Waals surface area (Å²) in [5.41, 5.74) is 2.22. The molecule has 0 radical (unpaired) electrons. The number of aryl methyl sites for hydroxylation is 1. The van der Waals surface area contributed by atoms with Gasteiger partial charge >= 0.3 is 11.9 Å². The number of benzene rings is 2. The Labute approximate surface area is 141 Å². The van der Waals surface area contributed by atoms with E-state index in [1.807, 2.05) is 13.0 Å². The third-order valence-corrected chi connectivity index (χ3v) is 4.02. The zero-order chi connectivity index (χ0) is 16.9. The Balaban J connectivity index is 0.000000220. The summed E-state index contributed by atoms with van der Waals surface area (Å²) in [6.45, 7) is 3.63. The molecular weight excluding hydrogens is 372 g/mol. The molecule has 6 heteroatoms. The fourth-order valence-corrected chi connectivity index (χ4v) is 2.31. The van der Waals surface area contributed by atoms with Crippen LogP contribution in [0.1, 0.15) is 31.8 Å². The number of aromatic carboxylic acids is 2. The number of hydrogen-bond acceptors (Lipinski definition) is 2. The molecule has 0 aliphatic heterocycles. The van der Waals surface area contributed by atoms with Crippen molar-refractivity contribution in [2.45, 2.75) is 13.8 Å². The predicted molar refractivity (Wildman–Crippen MR) is 89.0 cm³/mol. The Morgan fingerprint density at radius 2 is 1.59 bits per heavy atom. The van der Waals surface area contributed by atoms with Crippen molar-refractivity contribution in [3.8, 4) is 0 Å². The van der Waals surface area contributed by atoms with Gasteiger partial charge in [0.15, 0.2) is 0 Å². The Kier molecular flexibility index (Phi) is 6.59. The van der Waals surface area contributed by atoms with Gasteiger partial charge in [0.2, 0.25) is 0 Å². The third-order valence-electron chi connectivity index (χ3n) is 2.85. The number of rotatable bonds is 2. The van der Waals surface area contributed by atoms with Crippen LogP contribution < -0.4 is 0 Å². The maximum absolute atomic E-state index is 10.6. The van der Waals surface area contributed by atoms with Gasteiger partial charge in [-0.15, -0.1) is 0 Å². The summed E-state index contributed by atoms with van der Waals surface area (Å²) in [6, 6.07) is 9.96. The van der Waals surface area contributed by atoms with Crippen LogP contribution in [-0.4, -0.2) is 22.2 Å². The van der Waals surface area contributed by atoms with E-state index in [1.54, 1.807) is 31.2 Å². The van der Waals surface area contributed by atoms with E-state index in [2.05, 4.69) is 15.9 Å². The molecule has 2 aromatic carbocycles. The molecule has 0 atom stereocenters. The lowest BCUT2D eigenvalue weighted by Gasteiger charge is -2.00. The molecule has 0 spiro atoms. The van der Waals surface area contributed by atoms with Crippen LogP contribution in [0.2, 0.25) is 5.02 Å². The van der Waals surface area contributed by atoms with Crippen LogP contribution in [0.25, 0.3) is 0 Å². The van der Waals surface area contributed by atoms with Gasteiger partial charge in [0, 0.05) is 4.47 Å². The lowest BCUT2D eigenvalue weighted by Crippen LogP contribution is -1.99. The average Bonchev–Trinajstić information content (AvgIpc) is 2.41. The summed E-state index contributed by atoms with van der Waals surface area (Å²) in [5, 5.41) is 17.5. The number of hydrogen-bond donors (Lipinski definition) is 2. The Bertz CT molecular complexity index is 713. The highest BCUT2D eigenvalue weighted by molar-refractivity contribution is 9.10. The minimum Gasteiger partial charge on any atom is -0.478 e. The summed E-state index contributed by atoms with van der Waals surface area (Å²) in [7, 11) is 0. The smallest absolute Gasteiger partial charge is 0.337 e. The minimum atomic E-state index is -0.991. The molecule has 0 bridgehead atoms. The van der Waals surface area contributed by atoms with Crippen molar-refractivity contribution in [1.29, 1.82) is 0 Å². The Hall–Kier alpha value is -1.85. The average molecular weight is 386 g/mol. The molecule has 2 aromatic rings. The van der Waals surface area contributed by atoms with Crippen molar-refractivity contribution in [1.82, 2.24) is 0 Å². The first-order valence-corrected chi connectivity index (χ1v) is 7.39. The number of carboxylic acid groups (broad SMARTS) is 2. The Morgan fingerprint density at radius 1 is 1.00 bits per heavy atom. The monoisotopic (exact) mass is 384 g/mol. The van der Waals surface area contributed by atoms with E-state index >= 15 is 0 Å². The van der Waals surface area contributed by atoms with Crippen molar-refractivity contribution in [3.63, 3.8) is 0 Å². The number of halogens is 2. The van der Waals surface area contributed by atoms with Crippen LogP contribution in [0.15, 0.2) is 40.9 Å². The lowest BCUT2D eigenvalue weighted by atomic mass is 10.1. The predicted octanol–water partition coefficient (Wildman–Crippen LogP) is 4.80. The summed E-state index contributed by atoms with van der Waals surface area (Å²) in [5.74, 6) is -1.88. The topological polar surface area (TPSA) is 74.6 Å². The largest absolute Gasteiger partial charge is 0.478 e. The molecule has 0 aliphatic carbocycles. The second-order valence-electron chi connectivity index (χ2n) is 4.51. The van der Waals surface area contributed by atoms with Crippen LogP contribution in [-0.2, 0) is 0 Å². The van der Waals surface area contributed by atoms with E-state index in [4.69, 9.17) is 21.8 Å². The maximum atomic E-state index is 10.6. The fourth-order valence-electron chi connectivity index (χ4n) is 1.63. The zero-order valence-corrected chi connectivity index (χ0v) is 14.3. The van der Waals surface area contributed by atoms with Gasteiger partial charge in [0.05, 0.1) is 16.1 Å². The van der Waals surface area contributed by atoms with E-state index in [0.717, 1.165) is 15.6 Å². The first-order chi connectivity index (χ1) is 10.2. The van der Waals surface area contributed by atoms with Crippen molar-refractivity contribution >= 4 is 39.5 Å². The van der Waals surface area contributed by atoms with E-state index in [1.165, 1.54) is 6.07 Å². The molecule has 0 heterocycles. The van der Waals surface area contributed by atoms with Gasteiger partial charge in [-0.3, -0.25) is 0 Å². The molecule has 0 fully saturated rings. The van der Waals surface area contributed by atoms with Gasteiger partial charge in [-0.2, -0.15) is 0 Å². The van der Waals surface area contributed by atoms with Gasteiger partial charge < -0.3 is 10.2 Å². The van der Waals surface area contributed by atoms with E-state index in [0.29, 0.717) is 5.56 Å². The molecule has 2 N–H and O–H groups in total. The van der Waals surface area contributed by atoms with Gasteiger partial charge in [0.1, 0.15) is 0 Å². The lowest BCUT2D eigenvalue weighted by molar-refractivity contribution is 0.0685. The SMILES string of the molecule is Cc1c(Br)cccc1C(=O)O.Cc1ccc(C(=O)O)c(Cl)c1. The van der Waals surface area contributed by atoms with E-state index < -0.39 is 11.9 Å². The molecule has 0 aliphatic rings. The van der Waals surface area contributed by atoms with Crippen molar-refractivity contribution in [3.05, 3.63) is 68.1 Å². The first-order valence-electron chi connectivity index (χ1n) is 6.22. The molecule has 116 valence electrons. The molecule has 0 saturated heterocycles. The number of carbonyl (C=O) groups is 2. The normalized spacial score (nSPS) is 9.64. The summed E-state index contributed by atoms with van der Waals surface area (Å²) < 4.78 is 0.831. The fraction of sp³-hybridized carbons (Fsp3) is 0.125. The molecule has 4 nitrogen and oxygen atoms in total. The van der Waals surface area contributed by atoms with Crippen LogP contribution >= 0.6 is 27.5 Å².